The Hall–Kier alpha value is -1.97. The number of amides is 2. The molecule has 4 heteroatoms. The molecular weight excluding hydrogens is 254 g/mol. The first kappa shape index (κ1) is 14.4. The Morgan fingerprint density at radius 2 is 1.90 bits per heavy atom. The number of hydrogen-bond donors (Lipinski definition) is 0. The summed E-state index contributed by atoms with van der Waals surface area (Å²) in [5.74, 6) is -0.722. The number of imide groups is 1. The van der Waals surface area contributed by atoms with E-state index in [4.69, 9.17) is 0 Å². The number of hydrogen-bond acceptors (Lipinski definition) is 3. The highest BCUT2D eigenvalue weighted by atomic mass is 16.2. The molecule has 1 heterocycles. The van der Waals surface area contributed by atoms with Crippen molar-refractivity contribution in [1.29, 1.82) is 0 Å². The maximum Gasteiger partial charge on any atom is 0.235 e. The molecule has 0 radical (unpaired) electrons. The lowest BCUT2D eigenvalue weighted by Gasteiger charge is -2.17. The summed E-state index contributed by atoms with van der Waals surface area (Å²) in [6, 6.07) is 5.53. The highest BCUT2D eigenvalue weighted by molar-refractivity contribution is 6.10. The summed E-state index contributed by atoms with van der Waals surface area (Å²) in [7, 11) is 0. The Labute approximate surface area is 118 Å². The van der Waals surface area contributed by atoms with Gasteiger partial charge in [-0.1, -0.05) is 37.6 Å². The number of Topliss-reactive ketones (excluding diaryl/α,β-unsaturated/α-hetero) is 1. The molecule has 1 aromatic rings. The number of nitrogens with zero attached hydrogens (tertiary/aromatic N) is 1. The number of carbonyl (C=O) groups excluding carboxylic acids is 3. The largest absolute Gasteiger partial charge is 0.292 e. The summed E-state index contributed by atoms with van der Waals surface area (Å²) < 4.78 is 0. The minimum Gasteiger partial charge on any atom is -0.292 e. The topological polar surface area (TPSA) is 54.5 Å². The smallest absolute Gasteiger partial charge is 0.235 e. The van der Waals surface area contributed by atoms with E-state index in [0.29, 0.717) is 5.56 Å². The van der Waals surface area contributed by atoms with Crippen molar-refractivity contribution in [3.05, 3.63) is 34.9 Å². The van der Waals surface area contributed by atoms with Gasteiger partial charge in [-0.2, -0.15) is 0 Å². The molecule has 0 saturated carbocycles. The van der Waals surface area contributed by atoms with Gasteiger partial charge in [-0.3, -0.25) is 19.3 Å². The molecule has 0 bridgehead atoms. The van der Waals surface area contributed by atoms with Gasteiger partial charge >= 0.3 is 0 Å². The Balaban J connectivity index is 2.20. The lowest BCUT2D eigenvalue weighted by Crippen LogP contribution is -2.37. The third-order valence-electron chi connectivity index (χ3n) is 3.70. The molecule has 0 N–H and O–H groups in total. The van der Waals surface area contributed by atoms with Crippen molar-refractivity contribution in [3.63, 3.8) is 0 Å². The number of benzene rings is 1. The zero-order valence-corrected chi connectivity index (χ0v) is 12.3. The van der Waals surface area contributed by atoms with Crippen LogP contribution in [0.5, 0.6) is 0 Å². The van der Waals surface area contributed by atoms with Crippen LogP contribution in [0, 0.1) is 19.3 Å². The molecule has 2 amide bonds. The first-order chi connectivity index (χ1) is 9.22. The molecule has 20 heavy (non-hydrogen) atoms. The van der Waals surface area contributed by atoms with Gasteiger partial charge in [-0.05, 0) is 19.4 Å². The molecule has 0 spiro atoms. The van der Waals surface area contributed by atoms with Crippen molar-refractivity contribution in [1.82, 2.24) is 4.90 Å². The van der Waals surface area contributed by atoms with Crippen LogP contribution in [0.2, 0.25) is 0 Å². The van der Waals surface area contributed by atoms with Crippen LogP contribution in [0.3, 0.4) is 0 Å². The lowest BCUT2D eigenvalue weighted by atomic mass is 9.92. The van der Waals surface area contributed by atoms with E-state index in [2.05, 4.69) is 0 Å². The van der Waals surface area contributed by atoms with Gasteiger partial charge in [0.25, 0.3) is 0 Å². The normalized spacial score (nSPS) is 17.7. The van der Waals surface area contributed by atoms with Crippen LogP contribution < -0.4 is 0 Å². The highest BCUT2D eigenvalue weighted by Gasteiger charge is 2.45. The van der Waals surface area contributed by atoms with Crippen molar-refractivity contribution in [2.75, 3.05) is 6.54 Å². The average molecular weight is 273 g/mol. The Morgan fingerprint density at radius 1 is 1.25 bits per heavy atom. The van der Waals surface area contributed by atoms with E-state index >= 15 is 0 Å². The molecular formula is C16H19NO3. The van der Waals surface area contributed by atoms with Gasteiger partial charge < -0.3 is 0 Å². The SMILES string of the molecule is Cc1ccc(C(=O)CN2C(=O)CC(C)(C)C2=O)c(C)c1. The fourth-order valence-corrected chi connectivity index (χ4v) is 2.54. The number of likely N-dealkylation sites (tertiary alicyclic amines) is 1. The number of rotatable bonds is 3. The fraction of sp³-hybridized carbons (Fsp3) is 0.438. The van der Waals surface area contributed by atoms with E-state index in [-0.39, 0.29) is 30.6 Å². The lowest BCUT2D eigenvalue weighted by molar-refractivity contribution is -0.140. The van der Waals surface area contributed by atoms with Crippen LogP contribution in [0.25, 0.3) is 0 Å². The molecule has 0 aromatic heterocycles. The van der Waals surface area contributed by atoms with Gasteiger partial charge in [0, 0.05) is 12.0 Å². The van der Waals surface area contributed by atoms with Crippen molar-refractivity contribution < 1.29 is 14.4 Å². The van der Waals surface area contributed by atoms with Crippen molar-refractivity contribution >= 4 is 17.6 Å². The van der Waals surface area contributed by atoms with Gasteiger partial charge in [-0.15, -0.1) is 0 Å². The molecule has 0 unspecified atom stereocenters. The van der Waals surface area contributed by atoms with Crippen LogP contribution in [0.15, 0.2) is 18.2 Å². The molecule has 106 valence electrons. The minimum absolute atomic E-state index is 0.162. The maximum atomic E-state index is 12.3. The van der Waals surface area contributed by atoms with Crippen molar-refractivity contribution in [3.8, 4) is 0 Å². The van der Waals surface area contributed by atoms with Gasteiger partial charge in [0.2, 0.25) is 11.8 Å². The first-order valence-electron chi connectivity index (χ1n) is 6.67. The molecule has 1 fully saturated rings. The van der Waals surface area contributed by atoms with Gasteiger partial charge in [-0.25, -0.2) is 0 Å². The van der Waals surface area contributed by atoms with Crippen LogP contribution in [0.4, 0.5) is 0 Å². The summed E-state index contributed by atoms with van der Waals surface area (Å²) in [5.41, 5.74) is 1.82. The second-order valence-electron chi connectivity index (χ2n) is 6.09. The summed E-state index contributed by atoms with van der Waals surface area (Å²) >= 11 is 0. The van der Waals surface area contributed by atoms with Gasteiger partial charge in [0.1, 0.15) is 0 Å². The van der Waals surface area contributed by atoms with E-state index in [1.165, 1.54) is 0 Å². The third kappa shape index (κ3) is 2.50. The van der Waals surface area contributed by atoms with Crippen LogP contribution in [0.1, 0.15) is 41.8 Å². The zero-order valence-electron chi connectivity index (χ0n) is 12.3. The molecule has 1 aromatic carbocycles. The van der Waals surface area contributed by atoms with Gasteiger partial charge in [0.05, 0.1) is 12.0 Å². The molecule has 1 saturated heterocycles. The van der Waals surface area contributed by atoms with Gasteiger partial charge in [0.15, 0.2) is 5.78 Å². The molecule has 0 aliphatic carbocycles. The Bertz CT molecular complexity index is 602. The first-order valence-corrected chi connectivity index (χ1v) is 6.67. The quantitative estimate of drug-likeness (QED) is 0.627. The summed E-state index contributed by atoms with van der Waals surface area (Å²) in [6.07, 6.45) is 0.173. The summed E-state index contributed by atoms with van der Waals surface area (Å²) in [4.78, 5) is 37.3. The predicted molar refractivity (Wildman–Crippen MR) is 75.4 cm³/mol. The van der Waals surface area contributed by atoms with E-state index in [1.807, 2.05) is 26.0 Å². The number of ketones is 1. The Kier molecular flexibility index (Phi) is 3.50. The van der Waals surface area contributed by atoms with Crippen molar-refractivity contribution in [2.24, 2.45) is 5.41 Å². The monoisotopic (exact) mass is 273 g/mol. The molecule has 1 aliphatic rings. The zero-order chi connectivity index (χ0) is 15.1. The number of aryl methyl sites for hydroxylation is 2. The molecule has 4 nitrogen and oxygen atoms in total. The second-order valence-corrected chi connectivity index (χ2v) is 6.09. The second kappa shape index (κ2) is 4.85. The minimum atomic E-state index is -0.695. The van der Waals surface area contributed by atoms with Crippen LogP contribution in [-0.2, 0) is 9.59 Å². The number of carbonyl (C=O) groups is 3. The summed E-state index contributed by atoms with van der Waals surface area (Å²) in [6.45, 7) is 7.11. The molecule has 1 aliphatic heterocycles. The Morgan fingerprint density at radius 3 is 2.40 bits per heavy atom. The standard InChI is InChI=1S/C16H19NO3/c1-10-5-6-12(11(2)7-10)13(18)9-17-14(19)8-16(3,4)15(17)20/h5-7H,8-9H2,1-4H3. The van der Waals surface area contributed by atoms with Crippen LogP contribution >= 0.6 is 0 Å². The fourth-order valence-electron chi connectivity index (χ4n) is 2.54. The van der Waals surface area contributed by atoms with E-state index in [1.54, 1.807) is 19.9 Å². The summed E-state index contributed by atoms with van der Waals surface area (Å²) in [5, 5.41) is 0. The van der Waals surface area contributed by atoms with E-state index < -0.39 is 5.41 Å². The van der Waals surface area contributed by atoms with E-state index in [9.17, 15) is 14.4 Å². The molecule has 2 rings (SSSR count). The third-order valence-corrected chi connectivity index (χ3v) is 3.70. The average Bonchev–Trinajstić information content (AvgIpc) is 2.51. The predicted octanol–water partition coefficient (Wildman–Crippen LogP) is 2.27. The van der Waals surface area contributed by atoms with Crippen LogP contribution in [-0.4, -0.2) is 29.0 Å². The maximum absolute atomic E-state index is 12.3. The van der Waals surface area contributed by atoms with Crippen molar-refractivity contribution in [2.45, 2.75) is 34.1 Å². The molecule has 0 atom stereocenters. The van der Waals surface area contributed by atoms with E-state index in [0.717, 1.165) is 16.0 Å². The highest BCUT2D eigenvalue weighted by Crippen LogP contribution is 2.31.